The summed E-state index contributed by atoms with van der Waals surface area (Å²) in [4.78, 5) is 27.5. The van der Waals surface area contributed by atoms with E-state index in [-0.39, 0.29) is 23.8 Å². The number of nitrogens with zero attached hydrogens (tertiary/aromatic N) is 1. The van der Waals surface area contributed by atoms with Gasteiger partial charge >= 0.3 is 0 Å². The first-order valence-electron chi connectivity index (χ1n) is 8.54. The Bertz CT molecular complexity index is 787. The lowest BCUT2D eigenvalue weighted by atomic mass is 9.95. The molecule has 2 amide bonds. The van der Waals surface area contributed by atoms with Crippen molar-refractivity contribution in [3.63, 3.8) is 0 Å². The topological polar surface area (TPSA) is 49.4 Å². The van der Waals surface area contributed by atoms with Crippen molar-refractivity contribution in [1.29, 1.82) is 0 Å². The lowest BCUT2D eigenvalue weighted by Crippen LogP contribution is -2.43. The van der Waals surface area contributed by atoms with Crippen LogP contribution in [0.1, 0.15) is 41.0 Å². The molecule has 1 atom stereocenters. The number of amides is 2. The minimum atomic E-state index is -0.150. The third-order valence-corrected chi connectivity index (χ3v) is 6.28. The van der Waals surface area contributed by atoms with Crippen molar-refractivity contribution in [3.05, 3.63) is 56.2 Å². The van der Waals surface area contributed by atoms with E-state index in [1.165, 1.54) is 11.3 Å². The van der Waals surface area contributed by atoms with E-state index >= 15 is 0 Å². The summed E-state index contributed by atoms with van der Waals surface area (Å²) in [7, 11) is 0. The minimum Gasteiger partial charge on any atom is -0.349 e. The Morgan fingerprint density at radius 1 is 1.19 bits per heavy atom. The lowest BCUT2D eigenvalue weighted by Gasteiger charge is -2.31. The number of rotatable bonds is 4. The van der Waals surface area contributed by atoms with E-state index in [9.17, 15) is 9.59 Å². The summed E-state index contributed by atoms with van der Waals surface area (Å²) >= 11 is 13.4. The highest BCUT2D eigenvalue weighted by Gasteiger charge is 2.28. The maximum Gasteiger partial charge on any atom is 0.263 e. The smallest absolute Gasteiger partial charge is 0.263 e. The van der Waals surface area contributed by atoms with Crippen molar-refractivity contribution in [1.82, 2.24) is 10.2 Å². The molecule has 3 rings (SSSR count). The van der Waals surface area contributed by atoms with Gasteiger partial charge in [-0.3, -0.25) is 9.59 Å². The predicted octanol–water partition coefficient (Wildman–Crippen LogP) is 4.78. The van der Waals surface area contributed by atoms with Crippen LogP contribution in [0.3, 0.4) is 0 Å². The molecule has 138 valence electrons. The quantitative estimate of drug-likeness (QED) is 0.787. The zero-order chi connectivity index (χ0) is 18.7. The lowest BCUT2D eigenvalue weighted by molar-refractivity contribution is -0.126. The van der Waals surface area contributed by atoms with Crippen LogP contribution in [0.2, 0.25) is 10.0 Å². The molecule has 0 spiro atoms. The van der Waals surface area contributed by atoms with Gasteiger partial charge in [-0.05, 0) is 48.9 Å². The Labute approximate surface area is 167 Å². The second-order valence-electron chi connectivity index (χ2n) is 6.45. The summed E-state index contributed by atoms with van der Waals surface area (Å²) in [6.07, 6.45) is 1.36. The average Bonchev–Trinajstić information content (AvgIpc) is 3.18. The molecule has 1 aliphatic rings. The Morgan fingerprint density at radius 2 is 1.92 bits per heavy atom. The van der Waals surface area contributed by atoms with E-state index in [0.29, 0.717) is 36.0 Å². The second-order valence-corrected chi connectivity index (χ2v) is 8.21. The number of thiophene rings is 1. The van der Waals surface area contributed by atoms with Crippen LogP contribution in [0, 0.1) is 5.92 Å². The molecule has 7 heteroatoms. The van der Waals surface area contributed by atoms with Crippen LogP contribution in [0.15, 0.2) is 35.7 Å². The molecular weight excluding hydrogens is 391 g/mol. The maximum atomic E-state index is 12.6. The fourth-order valence-electron chi connectivity index (χ4n) is 3.10. The van der Waals surface area contributed by atoms with Gasteiger partial charge in [0.25, 0.3) is 5.91 Å². The third kappa shape index (κ3) is 4.40. The zero-order valence-corrected chi connectivity index (χ0v) is 16.7. The average molecular weight is 411 g/mol. The van der Waals surface area contributed by atoms with Gasteiger partial charge in [-0.15, -0.1) is 11.3 Å². The highest BCUT2D eigenvalue weighted by molar-refractivity contribution is 7.12. The number of hydrogen-bond acceptors (Lipinski definition) is 3. The molecule has 2 heterocycles. The standard InChI is InChI=1S/C19H20Cl2N2O2S/c1-12(14-4-5-15(20)16(21)11-14)22-18(24)13-6-8-23(9-7-13)19(25)17-3-2-10-26-17/h2-5,10-13H,6-9H2,1H3,(H,22,24)/t12-/m1/s1. The number of piperidine rings is 1. The fourth-order valence-corrected chi connectivity index (χ4v) is 4.09. The van der Waals surface area contributed by atoms with E-state index in [2.05, 4.69) is 5.32 Å². The summed E-state index contributed by atoms with van der Waals surface area (Å²) in [5.41, 5.74) is 0.915. The molecular formula is C19H20Cl2N2O2S. The number of carbonyl (C=O) groups excluding carboxylic acids is 2. The van der Waals surface area contributed by atoms with Gasteiger partial charge in [0.1, 0.15) is 0 Å². The molecule has 0 radical (unpaired) electrons. The molecule has 1 aromatic carbocycles. The molecule has 1 fully saturated rings. The molecule has 1 aliphatic heterocycles. The highest BCUT2D eigenvalue weighted by Crippen LogP contribution is 2.26. The Morgan fingerprint density at radius 3 is 2.54 bits per heavy atom. The van der Waals surface area contributed by atoms with Gasteiger partial charge in [-0.25, -0.2) is 0 Å². The number of nitrogens with one attached hydrogen (secondary N) is 1. The second kappa shape index (κ2) is 8.42. The summed E-state index contributed by atoms with van der Waals surface area (Å²) in [6.45, 7) is 3.14. The van der Waals surface area contributed by atoms with Gasteiger partial charge in [0.15, 0.2) is 0 Å². The summed E-state index contributed by atoms with van der Waals surface area (Å²) in [5, 5.41) is 5.92. The molecule has 4 nitrogen and oxygen atoms in total. The van der Waals surface area contributed by atoms with Gasteiger partial charge in [0, 0.05) is 19.0 Å². The summed E-state index contributed by atoms with van der Waals surface area (Å²) < 4.78 is 0. The molecule has 2 aromatic rings. The van der Waals surface area contributed by atoms with Crippen molar-refractivity contribution >= 4 is 46.4 Å². The molecule has 26 heavy (non-hydrogen) atoms. The van der Waals surface area contributed by atoms with Gasteiger partial charge in [0.2, 0.25) is 5.91 Å². The fraction of sp³-hybridized carbons (Fsp3) is 0.368. The molecule has 0 saturated carbocycles. The Kier molecular flexibility index (Phi) is 6.22. The van der Waals surface area contributed by atoms with Crippen LogP contribution < -0.4 is 5.32 Å². The van der Waals surface area contributed by atoms with Crippen molar-refractivity contribution in [2.75, 3.05) is 13.1 Å². The largest absolute Gasteiger partial charge is 0.349 e. The third-order valence-electron chi connectivity index (χ3n) is 4.69. The SMILES string of the molecule is C[C@@H](NC(=O)C1CCN(C(=O)c2cccs2)CC1)c1ccc(Cl)c(Cl)c1. The van der Waals surface area contributed by atoms with Crippen molar-refractivity contribution in [3.8, 4) is 0 Å². The summed E-state index contributed by atoms with van der Waals surface area (Å²) in [5.74, 6) is 0.00225. The molecule has 0 bridgehead atoms. The maximum absolute atomic E-state index is 12.6. The Balaban J connectivity index is 1.53. The number of hydrogen-bond donors (Lipinski definition) is 1. The van der Waals surface area contributed by atoms with E-state index in [0.717, 1.165) is 10.4 Å². The molecule has 0 aliphatic carbocycles. The predicted molar refractivity (Wildman–Crippen MR) is 106 cm³/mol. The normalized spacial score (nSPS) is 16.3. The van der Waals surface area contributed by atoms with Crippen LogP contribution in [-0.4, -0.2) is 29.8 Å². The van der Waals surface area contributed by atoms with Crippen molar-refractivity contribution in [2.45, 2.75) is 25.8 Å². The zero-order valence-electron chi connectivity index (χ0n) is 14.4. The number of benzene rings is 1. The van der Waals surface area contributed by atoms with Gasteiger partial charge in [0.05, 0.1) is 21.0 Å². The van der Waals surface area contributed by atoms with Crippen molar-refractivity contribution < 1.29 is 9.59 Å². The Hall–Kier alpha value is -1.56. The molecule has 1 saturated heterocycles. The monoisotopic (exact) mass is 410 g/mol. The van der Waals surface area contributed by atoms with Crippen LogP contribution in [-0.2, 0) is 4.79 Å². The number of carbonyl (C=O) groups is 2. The van der Waals surface area contributed by atoms with Gasteiger partial charge < -0.3 is 10.2 Å². The number of halogens is 2. The minimum absolute atomic E-state index is 0.0202. The van der Waals surface area contributed by atoms with Crippen LogP contribution >= 0.6 is 34.5 Å². The van der Waals surface area contributed by atoms with E-state index < -0.39 is 0 Å². The first-order valence-corrected chi connectivity index (χ1v) is 10.2. The first-order chi connectivity index (χ1) is 12.5. The first kappa shape index (κ1) is 19.2. The van der Waals surface area contributed by atoms with Crippen LogP contribution in [0.5, 0.6) is 0 Å². The summed E-state index contributed by atoms with van der Waals surface area (Å²) in [6, 6.07) is 8.94. The van der Waals surface area contributed by atoms with E-state index in [1.54, 1.807) is 12.1 Å². The molecule has 1 aromatic heterocycles. The number of likely N-dealkylation sites (tertiary alicyclic amines) is 1. The highest BCUT2D eigenvalue weighted by atomic mass is 35.5. The van der Waals surface area contributed by atoms with Gasteiger partial charge in [-0.1, -0.05) is 35.3 Å². The van der Waals surface area contributed by atoms with E-state index in [1.807, 2.05) is 35.4 Å². The molecule has 0 unspecified atom stereocenters. The molecule has 1 N–H and O–H groups in total. The van der Waals surface area contributed by atoms with Crippen LogP contribution in [0.25, 0.3) is 0 Å². The van der Waals surface area contributed by atoms with Gasteiger partial charge in [-0.2, -0.15) is 0 Å². The van der Waals surface area contributed by atoms with E-state index in [4.69, 9.17) is 23.2 Å². The van der Waals surface area contributed by atoms with Crippen LogP contribution in [0.4, 0.5) is 0 Å². The van der Waals surface area contributed by atoms with Crippen molar-refractivity contribution in [2.24, 2.45) is 5.92 Å².